The summed E-state index contributed by atoms with van der Waals surface area (Å²) in [5, 5.41) is 0. The Balaban J connectivity index is 1.79. The van der Waals surface area contributed by atoms with Crippen molar-refractivity contribution in [2.24, 2.45) is 5.92 Å². The van der Waals surface area contributed by atoms with Crippen LogP contribution >= 0.6 is 0 Å². The largest absolute Gasteiger partial charge is 0.486 e. The average Bonchev–Trinajstić information content (AvgIpc) is 2.81. The summed E-state index contributed by atoms with van der Waals surface area (Å²) >= 11 is 0. The highest BCUT2D eigenvalue weighted by Crippen LogP contribution is 2.48. The molecule has 1 aromatic carbocycles. The molecule has 1 aliphatic carbocycles. The molecule has 0 radical (unpaired) electrons. The van der Waals surface area contributed by atoms with E-state index in [9.17, 15) is 0 Å². The van der Waals surface area contributed by atoms with Crippen molar-refractivity contribution in [2.45, 2.75) is 38.7 Å². The van der Waals surface area contributed by atoms with Gasteiger partial charge in [-0.3, -0.25) is 0 Å². The van der Waals surface area contributed by atoms with Crippen LogP contribution in [0.3, 0.4) is 0 Å². The molecule has 3 heteroatoms. The fourth-order valence-corrected chi connectivity index (χ4v) is 3.57. The quantitative estimate of drug-likeness (QED) is 0.667. The molecule has 0 unspecified atom stereocenters. The third-order valence-electron chi connectivity index (χ3n) is 4.72. The SMILES string of the molecule is CC1=CCC[C@]2(C)Oc3cc4c(cc3C[C@@H]12)OCO4. The minimum Gasteiger partial charge on any atom is -0.486 e. The zero-order valence-corrected chi connectivity index (χ0v) is 11.4. The fourth-order valence-electron chi connectivity index (χ4n) is 3.57. The van der Waals surface area contributed by atoms with Crippen LogP contribution in [-0.4, -0.2) is 12.4 Å². The molecule has 4 rings (SSSR count). The Morgan fingerprint density at radius 2 is 1.95 bits per heavy atom. The van der Waals surface area contributed by atoms with Crippen molar-refractivity contribution < 1.29 is 14.2 Å². The molecule has 3 nitrogen and oxygen atoms in total. The Morgan fingerprint density at radius 1 is 1.16 bits per heavy atom. The lowest BCUT2D eigenvalue weighted by Gasteiger charge is -2.45. The molecule has 0 amide bonds. The summed E-state index contributed by atoms with van der Waals surface area (Å²) < 4.78 is 17.2. The maximum absolute atomic E-state index is 6.34. The minimum atomic E-state index is -0.0699. The molecule has 0 saturated carbocycles. The highest BCUT2D eigenvalue weighted by Gasteiger charge is 2.43. The molecule has 3 aliphatic rings. The number of hydrogen-bond donors (Lipinski definition) is 0. The number of rotatable bonds is 0. The average molecular weight is 258 g/mol. The predicted octanol–water partition coefficient (Wildman–Crippen LogP) is 3.47. The van der Waals surface area contributed by atoms with Crippen LogP contribution in [0.1, 0.15) is 32.3 Å². The van der Waals surface area contributed by atoms with Crippen molar-refractivity contribution in [3.05, 3.63) is 29.3 Å². The lowest BCUT2D eigenvalue weighted by molar-refractivity contribution is 0.0120. The number of ether oxygens (including phenoxy) is 3. The van der Waals surface area contributed by atoms with Crippen LogP contribution in [0.4, 0.5) is 0 Å². The highest BCUT2D eigenvalue weighted by atomic mass is 16.7. The van der Waals surface area contributed by atoms with Crippen LogP contribution in [0.15, 0.2) is 23.8 Å². The summed E-state index contributed by atoms with van der Waals surface area (Å²) in [6, 6.07) is 4.08. The first-order chi connectivity index (χ1) is 9.16. The maximum Gasteiger partial charge on any atom is 0.231 e. The molecule has 1 aromatic rings. The summed E-state index contributed by atoms with van der Waals surface area (Å²) in [6.45, 7) is 4.78. The third-order valence-corrected chi connectivity index (χ3v) is 4.72. The van der Waals surface area contributed by atoms with Crippen LogP contribution < -0.4 is 14.2 Å². The van der Waals surface area contributed by atoms with Gasteiger partial charge in [0, 0.05) is 12.0 Å². The predicted molar refractivity (Wildman–Crippen MR) is 71.8 cm³/mol. The molecule has 0 spiro atoms. The lowest BCUT2D eigenvalue weighted by atomic mass is 9.71. The van der Waals surface area contributed by atoms with Crippen molar-refractivity contribution >= 4 is 0 Å². The molecule has 0 saturated heterocycles. The van der Waals surface area contributed by atoms with E-state index in [0.29, 0.717) is 12.7 Å². The van der Waals surface area contributed by atoms with Crippen molar-refractivity contribution in [3.63, 3.8) is 0 Å². The van der Waals surface area contributed by atoms with E-state index in [4.69, 9.17) is 14.2 Å². The summed E-state index contributed by atoms with van der Waals surface area (Å²) in [6.07, 6.45) is 5.58. The molecule has 0 aromatic heterocycles. The Kier molecular flexibility index (Phi) is 2.17. The molecule has 2 aliphatic heterocycles. The van der Waals surface area contributed by atoms with Crippen molar-refractivity contribution in [1.29, 1.82) is 0 Å². The second-order valence-electron chi connectivity index (χ2n) is 5.97. The summed E-state index contributed by atoms with van der Waals surface area (Å²) in [4.78, 5) is 0. The summed E-state index contributed by atoms with van der Waals surface area (Å²) in [7, 11) is 0. The number of hydrogen-bond acceptors (Lipinski definition) is 3. The maximum atomic E-state index is 6.34. The number of allylic oxidation sites excluding steroid dienone is 1. The van der Waals surface area contributed by atoms with Gasteiger partial charge in [0.2, 0.25) is 6.79 Å². The van der Waals surface area contributed by atoms with Gasteiger partial charge in [-0.15, -0.1) is 0 Å². The van der Waals surface area contributed by atoms with Crippen molar-refractivity contribution in [3.8, 4) is 17.2 Å². The van der Waals surface area contributed by atoms with Crippen LogP contribution in [0.2, 0.25) is 0 Å². The van der Waals surface area contributed by atoms with Crippen LogP contribution in [-0.2, 0) is 6.42 Å². The van der Waals surface area contributed by atoms with Gasteiger partial charge in [-0.05, 0) is 44.7 Å². The highest BCUT2D eigenvalue weighted by molar-refractivity contribution is 5.53. The van der Waals surface area contributed by atoms with Crippen LogP contribution in [0.5, 0.6) is 17.2 Å². The zero-order valence-electron chi connectivity index (χ0n) is 11.4. The van der Waals surface area contributed by atoms with Gasteiger partial charge in [0.1, 0.15) is 11.4 Å². The zero-order chi connectivity index (χ0) is 13.0. The Hall–Kier alpha value is -1.64. The Labute approximate surface area is 113 Å². The van der Waals surface area contributed by atoms with Crippen LogP contribution in [0, 0.1) is 5.92 Å². The molecule has 0 fully saturated rings. The van der Waals surface area contributed by atoms with Gasteiger partial charge in [-0.1, -0.05) is 11.6 Å². The fraction of sp³-hybridized carbons (Fsp3) is 0.500. The van der Waals surface area contributed by atoms with Crippen molar-refractivity contribution in [2.75, 3.05) is 6.79 Å². The normalized spacial score (nSPS) is 31.1. The van der Waals surface area contributed by atoms with Gasteiger partial charge in [-0.2, -0.15) is 0 Å². The van der Waals surface area contributed by atoms with Gasteiger partial charge in [0.15, 0.2) is 11.5 Å². The number of benzene rings is 1. The van der Waals surface area contributed by atoms with Gasteiger partial charge in [0.05, 0.1) is 0 Å². The summed E-state index contributed by atoms with van der Waals surface area (Å²) in [5.41, 5.74) is 2.62. The lowest BCUT2D eigenvalue weighted by Crippen LogP contribution is -2.47. The topological polar surface area (TPSA) is 27.7 Å². The van der Waals surface area contributed by atoms with E-state index in [1.54, 1.807) is 0 Å². The van der Waals surface area contributed by atoms with E-state index >= 15 is 0 Å². The van der Waals surface area contributed by atoms with E-state index in [-0.39, 0.29) is 5.60 Å². The van der Waals surface area contributed by atoms with Gasteiger partial charge in [-0.25, -0.2) is 0 Å². The van der Waals surface area contributed by atoms with Gasteiger partial charge in [0.25, 0.3) is 0 Å². The molecular weight excluding hydrogens is 240 g/mol. The Morgan fingerprint density at radius 3 is 2.79 bits per heavy atom. The number of fused-ring (bicyclic) bond motifs is 3. The van der Waals surface area contributed by atoms with E-state index in [0.717, 1.165) is 36.5 Å². The smallest absolute Gasteiger partial charge is 0.231 e. The molecule has 0 N–H and O–H groups in total. The van der Waals surface area contributed by atoms with E-state index < -0.39 is 0 Å². The summed E-state index contributed by atoms with van der Waals surface area (Å²) in [5.74, 6) is 3.11. The monoisotopic (exact) mass is 258 g/mol. The van der Waals surface area contributed by atoms with Gasteiger partial charge >= 0.3 is 0 Å². The van der Waals surface area contributed by atoms with E-state index in [1.165, 1.54) is 11.1 Å². The Bertz CT molecular complexity index is 576. The molecule has 100 valence electrons. The molecular formula is C16H18O3. The first-order valence-electron chi connectivity index (χ1n) is 6.94. The van der Waals surface area contributed by atoms with Crippen LogP contribution in [0.25, 0.3) is 0 Å². The van der Waals surface area contributed by atoms with E-state index in [2.05, 4.69) is 26.0 Å². The van der Waals surface area contributed by atoms with Gasteiger partial charge < -0.3 is 14.2 Å². The molecule has 2 atom stereocenters. The molecule has 0 bridgehead atoms. The third kappa shape index (κ3) is 1.57. The second kappa shape index (κ2) is 3.69. The minimum absolute atomic E-state index is 0.0699. The van der Waals surface area contributed by atoms with Crippen molar-refractivity contribution in [1.82, 2.24) is 0 Å². The first-order valence-corrected chi connectivity index (χ1v) is 6.94. The van der Waals surface area contributed by atoms with E-state index in [1.807, 2.05) is 6.07 Å². The molecule has 2 heterocycles. The standard InChI is InChI=1S/C16H18O3/c1-10-4-3-5-16(2)12(10)6-11-7-14-15(18-9-17-14)8-13(11)19-16/h4,7-8,12H,3,5-6,9H2,1-2H3/t12-,16-/m0/s1. The first kappa shape index (κ1) is 11.2. The second-order valence-corrected chi connectivity index (χ2v) is 5.97. The molecule has 19 heavy (non-hydrogen) atoms.